The van der Waals surface area contributed by atoms with Gasteiger partial charge in [0.1, 0.15) is 0 Å². The fraction of sp³-hybridized carbons (Fsp3) is 0.222. The second-order valence-electron chi connectivity index (χ2n) is 5.59. The number of hydrogen-bond donors (Lipinski definition) is 2. The van der Waals surface area contributed by atoms with Crippen molar-refractivity contribution in [1.82, 2.24) is 10.6 Å². The first kappa shape index (κ1) is 15.8. The van der Waals surface area contributed by atoms with E-state index < -0.39 is 5.54 Å². The molecule has 2 rings (SSSR count). The maximum atomic E-state index is 12.0. The second-order valence-corrected chi connectivity index (χ2v) is 5.59. The molecule has 0 atom stereocenters. The van der Waals surface area contributed by atoms with Crippen LogP contribution in [0.4, 0.5) is 0 Å². The normalized spacial score (nSPS) is 10.8. The molecule has 4 nitrogen and oxygen atoms in total. The molecular weight excluding hydrogens is 276 g/mol. The molecule has 0 saturated heterocycles. The van der Waals surface area contributed by atoms with Crippen molar-refractivity contribution in [3.05, 3.63) is 71.8 Å². The van der Waals surface area contributed by atoms with Gasteiger partial charge in [-0.1, -0.05) is 48.5 Å². The van der Waals surface area contributed by atoms with Crippen molar-refractivity contribution in [2.24, 2.45) is 0 Å². The van der Waals surface area contributed by atoms with Crippen LogP contribution in [0.1, 0.15) is 29.8 Å². The summed E-state index contributed by atoms with van der Waals surface area (Å²) in [5, 5.41) is 5.55. The van der Waals surface area contributed by atoms with Crippen LogP contribution in [0.2, 0.25) is 0 Å². The van der Waals surface area contributed by atoms with Gasteiger partial charge in [0.05, 0.1) is 12.1 Å². The maximum Gasteiger partial charge on any atom is 0.251 e. The van der Waals surface area contributed by atoms with E-state index in [1.165, 1.54) is 0 Å². The largest absolute Gasteiger partial charge is 0.346 e. The Labute approximate surface area is 130 Å². The van der Waals surface area contributed by atoms with Crippen LogP contribution in [-0.4, -0.2) is 18.4 Å². The fourth-order valence-corrected chi connectivity index (χ4v) is 2.17. The Morgan fingerprint density at radius 2 is 1.45 bits per heavy atom. The van der Waals surface area contributed by atoms with E-state index in [-0.39, 0.29) is 18.4 Å². The van der Waals surface area contributed by atoms with Gasteiger partial charge in [-0.2, -0.15) is 0 Å². The van der Waals surface area contributed by atoms with Gasteiger partial charge < -0.3 is 10.6 Å². The summed E-state index contributed by atoms with van der Waals surface area (Å²) in [6.07, 6.45) is 0. The summed E-state index contributed by atoms with van der Waals surface area (Å²) in [4.78, 5) is 23.9. The minimum atomic E-state index is -0.490. The molecule has 4 heteroatoms. The third-order valence-corrected chi connectivity index (χ3v) is 3.39. The highest BCUT2D eigenvalue weighted by molar-refractivity contribution is 5.96. The van der Waals surface area contributed by atoms with Crippen LogP contribution in [-0.2, 0) is 10.3 Å². The Balaban J connectivity index is 1.89. The number of carbonyl (C=O) groups is 2. The number of nitrogens with one attached hydrogen (secondary N) is 2. The molecule has 2 amide bonds. The van der Waals surface area contributed by atoms with Gasteiger partial charge in [-0.05, 0) is 31.5 Å². The monoisotopic (exact) mass is 296 g/mol. The molecule has 0 aliphatic rings. The summed E-state index contributed by atoms with van der Waals surface area (Å²) in [6.45, 7) is 3.81. The van der Waals surface area contributed by atoms with Gasteiger partial charge in [-0.15, -0.1) is 0 Å². The zero-order valence-electron chi connectivity index (χ0n) is 12.8. The van der Waals surface area contributed by atoms with Crippen LogP contribution in [0.3, 0.4) is 0 Å². The molecule has 0 unspecified atom stereocenters. The molecule has 2 aromatic carbocycles. The molecule has 0 radical (unpaired) electrons. The highest BCUT2D eigenvalue weighted by Gasteiger charge is 2.22. The number of carbonyl (C=O) groups excluding carboxylic acids is 2. The molecule has 114 valence electrons. The van der Waals surface area contributed by atoms with Crippen molar-refractivity contribution >= 4 is 11.8 Å². The van der Waals surface area contributed by atoms with Crippen molar-refractivity contribution < 1.29 is 9.59 Å². The van der Waals surface area contributed by atoms with E-state index >= 15 is 0 Å². The predicted molar refractivity (Wildman–Crippen MR) is 86.4 cm³/mol. The molecule has 0 bridgehead atoms. The smallest absolute Gasteiger partial charge is 0.251 e. The molecule has 0 heterocycles. The molecular formula is C18H20N2O2. The Bertz CT molecular complexity index is 637. The maximum absolute atomic E-state index is 12.0. The molecule has 22 heavy (non-hydrogen) atoms. The lowest BCUT2D eigenvalue weighted by molar-refractivity contribution is -0.121. The van der Waals surface area contributed by atoms with E-state index in [1.807, 2.05) is 50.2 Å². The van der Waals surface area contributed by atoms with Gasteiger partial charge >= 0.3 is 0 Å². The first-order chi connectivity index (χ1) is 10.5. The van der Waals surface area contributed by atoms with E-state index in [2.05, 4.69) is 10.6 Å². The molecule has 0 fully saturated rings. The summed E-state index contributed by atoms with van der Waals surface area (Å²) in [5.41, 5.74) is 1.06. The summed E-state index contributed by atoms with van der Waals surface area (Å²) in [6, 6.07) is 18.5. The zero-order valence-corrected chi connectivity index (χ0v) is 12.8. The van der Waals surface area contributed by atoms with Crippen LogP contribution in [0.15, 0.2) is 60.7 Å². The minimum absolute atomic E-state index is 0.0516. The van der Waals surface area contributed by atoms with E-state index in [4.69, 9.17) is 0 Å². The van der Waals surface area contributed by atoms with Crippen LogP contribution >= 0.6 is 0 Å². The average Bonchev–Trinajstić information content (AvgIpc) is 2.54. The topological polar surface area (TPSA) is 58.2 Å². The van der Waals surface area contributed by atoms with Crippen molar-refractivity contribution in [3.63, 3.8) is 0 Å². The lowest BCUT2D eigenvalue weighted by Gasteiger charge is -2.27. The molecule has 0 aliphatic heterocycles. The Kier molecular flexibility index (Phi) is 4.94. The predicted octanol–water partition coefficient (Wildman–Crippen LogP) is 2.47. The van der Waals surface area contributed by atoms with E-state index in [0.29, 0.717) is 5.56 Å². The van der Waals surface area contributed by atoms with Crippen molar-refractivity contribution in [1.29, 1.82) is 0 Å². The van der Waals surface area contributed by atoms with Gasteiger partial charge in [0, 0.05) is 5.56 Å². The number of amides is 2. The van der Waals surface area contributed by atoms with E-state index in [9.17, 15) is 9.59 Å². The van der Waals surface area contributed by atoms with Crippen molar-refractivity contribution in [2.75, 3.05) is 6.54 Å². The zero-order chi connectivity index (χ0) is 16.0. The van der Waals surface area contributed by atoms with Crippen LogP contribution in [0.5, 0.6) is 0 Å². The summed E-state index contributed by atoms with van der Waals surface area (Å²) < 4.78 is 0. The van der Waals surface area contributed by atoms with Crippen molar-refractivity contribution in [3.8, 4) is 0 Å². The van der Waals surface area contributed by atoms with E-state index in [1.54, 1.807) is 24.3 Å². The number of rotatable bonds is 5. The molecule has 0 saturated carbocycles. The standard InChI is InChI=1S/C18H20N2O2/c1-18(2,15-11-7-4-8-12-15)20-16(21)13-19-17(22)14-9-5-3-6-10-14/h3-12H,13H2,1-2H3,(H,19,22)(H,20,21). The SMILES string of the molecule is CC(C)(NC(=O)CNC(=O)c1ccccc1)c1ccccc1. The first-order valence-corrected chi connectivity index (χ1v) is 7.19. The number of benzene rings is 2. The van der Waals surface area contributed by atoms with Gasteiger partial charge in [-0.25, -0.2) is 0 Å². The Morgan fingerprint density at radius 1 is 0.909 bits per heavy atom. The first-order valence-electron chi connectivity index (χ1n) is 7.19. The summed E-state index contributed by atoms with van der Waals surface area (Å²) in [5.74, 6) is -0.480. The highest BCUT2D eigenvalue weighted by atomic mass is 16.2. The molecule has 2 N–H and O–H groups in total. The van der Waals surface area contributed by atoms with E-state index in [0.717, 1.165) is 5.56 Å². The second kappa shape index (κ2) is 6.89. The van der Waals surface area contributed by atoms with Gasteiger partial charge in [0.25, 0.3) is 5.91 Å². The minimum Gasteiger partial charge on any atom is -0.346 e. The van der Waals surface area contributed by atoms with Gasteiger partial charge in [0.15, 0.2) is 0 Å². The molecule has 0 aromatic heterocycles. The third-order valence-electron chi connectivity index (χ3n) is 3.39. The summed E-state index contributed by atoms with van der Waals surface area (Å²) >= 11 is 0. The lowest BCUT2D eigenvalue weighted by atomic mass is 9.94. The Hall–Kier alpha value is -2.62. The summed E-state index contributed by atoms with van der Waals surface area (Å²) in [7, 11) is 0. The molecule has 2 aromatic rings. The molecule has 0 spiro atoms. The average molecular weight is 296 g/mol. The highest BCUT2D eigenvalue weighted by Crippen LogP contribution is 2.18. The third kappa shape index (κ3) is 4.19. The lowest BCUT2D eigenvalue weighted by Crippen LogP contribution is -2.45. The van der Waals surface area contributed by atoms with Crippen molar-refractivity contribution in [2.45, 2.75) is 19.4 Å². The van der Waals surface area contributed by atoms with Crippen LogP contribution in [0.25, 0.3) is 0 Å². The van der Waals surface area contributed by atoms with Gasteiger partial charge in [-0.3, -0.25) is 9.59 Å². The fourth-order valence-electron chi connectivity index (χ4n) is 2.17. The number of hydrogen-bond acceptors (Lipinski definition) is 2. The Morgan fingerprint density at radius 3 is 2.05 bits per heavy atom. The van der Waals surface area contributed by atoms with Gasteiger partial charge in [0.2, 0.25) is 5.91 Å². The quantitative estimate of drug-likeness (QED) is 0.890. The van der Waals surface area contributed by atoms with Crippen LogP contribution < -0.4 is 10.6 Å². The molecule has 0 aliphatic carbocycles. The van der Waals surface area contributed by atoms with Crippen LogP contribution in [0, 0.1) is 0 Å².